The van der Waals surface area contributed by atoms with Crippen molar-refractivity contribution in [3.05, 3.63) is 35.9 Å². The standard InChI is InChI=1S/C18H27NO/c1-2-19-18(11-10-15-9-6-12-20-15)17-13-16(17)14-7-4-3-5-8-14/h3-5,7-8,15-19H,2,6,9-13H2,1H3. The number of nitrogens with one attached hydrogen (secondary N) is 1. The topological polar surface area (TPSA) is 21.3 Å². The van der Waals surface area contributed by atoms with Crippen LogP contribution in [0.2, 0.25) is 0 Å². The van der Waals surface area contributed by atoms with Crippen molar-refractivity contribution in [2.24, 2.45) is 5.92 Å². The van der Waals surface area contributed by atoms with E-state index in [4.69, 9.17) is 4.74 Å². The Morgan fingerprint density at radius 2 is 2.15 bits per heavy atom. The van der Waals surface area contributed by atoms with Crippen LogP contribution in [0.5, 0.6) is 0 Å². The molecule has 2 nitrogen and oxygen atoms in total. The Labute approximate surface area is 122 Å². The molecule has 1 saturated heterocycles. The van der Waals surface area contributed by atoms with E-state index in [0.29, 0.717) is 12.1 Å². The first-order valence-corrected chi connectivity index (χ1v) is 8.28. The second kappa shape index (κ2) is 6.73. The van der Waals surface area contributed by atoms with Crippen LogP contribution in [0.1, 0.15) is 50.5 Å². The van der Waals surface area contributed by atoms with Crippen molar-refractivity contribution < 1.29 is 4.74 Å². The minimum atomic E-state index is 0.532. The molecule has 1 saturated carbocycles. The average molecular weight is 273 g/mol. The summed E-state index contributed by atoms with van der Waals surface area (Å²) in [6, 6.07) is 11.7. The molecule has 3 rings (SSSR count). The zero-order valence-electron chi connectivity index (χ0n) is 12.6. The average Bonchev–Trinajstić information content (AvgIpc) is 3.11. The lowest BCUT2D eigenvalue weighted by Gasteiger charge is -2.20. The summed E-state index contributed by atoms with van der Waals surface area (Å²) in [6.07, 6.45) is 6.92. The van der Waals surface area contributed by atoms with Gasteiger partial charge in [-0.2, -0.15) is 0 Å². The normalized spacial score (nSPS) is 30.4. The highest BCUT2D eigenvalue weighted by Crippen LogP contribution is 2.50. The van der Waals surface area contributed by atoms with E-state index in [-0.39, 0.29) is 0 Å². The molecule has 2 fully saturated rings. The molecule has 2 aliphatic rings. The number of hydrogen-bond acceptors (Lipinski definition) is 2. The van der Waals surface area contributed by atoms with Crippen LogP contribution in [0.15, 0.2) is 30.3 Å². The number of hydrogen-bond donors (Lipinski definition) is 1. The quantitative estimate of drug-likeness (QED) is 0.817. The first kappa shape index (κ1) is 14.1. The fourth-order valence-corrected chi connectivity index (χ4v) is 3.71. The largest absolute Gasteiger partial charge is 0.378 e. The van der Waals surface area contributed by atoms with E-state index in [0.717, 1.165) is 25.0 Å². The van der Waals surface area contributed by atoms with Crippen LogP contribution >= 0.6 is 0 Å². The van der Waals surface area contributed by atoms with E-state index < -0.39 is 0 Å². The predicted octanol–water partition coefficient (Wildman–Crippen LogP) is 3.73. The van der Waals surface area contributed by atoms with Gasteiger partial charge in [-0.15, -0.1) is 0 Å². The molecule has 4 unspecified atom stereocenters. The Kier molecular flexibility index (Phi) is 4.74. The maximum atomic E-state index is 5.77. The van der Waals surface area contributed by atoms with Crippen LogP contribution in [0.3, 0.4) is 0 Å². The third-order valence-corrected chi connectivity index (χ3v) is 4.87. The Morgan fingerprint density at radius 1 is 1.30 bits per heavy atom. The lowest BCUT2D eigenvalue weighted by molar-refractivity contribution is 0.0988. The van der Waals surface area contributed by atoms with Gasteiger partial charge in [0.1, 0.15) is 0 Å². The van der Waals surface area contributed by atoms with Gasteiger partial charge in [0.2, 0.25) is 0 Å². The van der Waals surface area contributed by atoms with E-state index >= 15 is 0 Å². The van der Waals surface area contributed by atoms with Gasteiger partial charge < -0.3 is 10.1 Å². The summed E-state index contributed by atoms with van der Waals surface area (Å²) in [5.41, 5.74) is 1.53. The van der Waals surface area contributed by atoms with Crippen molar-refractivity contribution in [2.45, 2.75) is 57.1 Å². The van der Waals surface area contributed by atoms with Crippen LogP contribution in [0, 0.1) is 5.92 Å². The maximum absolute atomic E-state index is 5.77. The van der Waals surface area contributed by atoms with E-state index in [1.54, 1.807) is 0 Å². The van der Waals surface area contributed by atoms with Gasteiger partial charge in [-0.3, -0.25) is 0 Å². The lowest BCUT2D eigenvalue weighted by atomic mass is 9.99. The van der Waals surface area contributed by atoms with Crippen molar-refractivity contribution >= 4 is 0 Å². The van der Waals surface area contributed by atoms with E-state index in [1.807, 2.05) is 0 Å². The summed E-state index contributed by atoms with van der Waals surface area (Å²) in [5, 5.41) is 3.71. The van der Waals surface area contributed by atoms with Crippen LogP contribution in [-0.2, 0) is 4.74 Å². The van der Waals surface area contributed by atoms with Gasteiger partial charge in [0.15, 0.2) is 0 Å². The second-order valence-corrected chi connectivity index (χ2v) is 6.29. The minimum absolute atomic E-state index is 0.532. The van der Waals surface area contributed by atoms with Crippen LogP contribution in [0.4, 0.5) is 0 Å². The molecule has 4 atom stereocenters. The summed E-state index contributed by atoms with van der Waals surface area (Å²) in [5.74, 6) is 1.61. The molecule has 0 spiro atoms. The summed E-state index contributed by atoms with van der Waals surface area (Å²) in [6.45, 7) is 4.28. The fraction of sp³-hybridized carbons (Fsp3) is 0.667. The molecule has 2 heteroatoms. The molecule has 0 radical (unpaired) electrons. The highest BCUT2D eigenvalue weighted by atomic mass is 16.5. The van der Waals surface area contributed by atoms with Crippen LogP contribution < -0.4 is 5.32 Å². The maximum Gasteiger partial charge on any atom is 0.0576 e. The molecule has 0 amide bonds. The SMILES string of the molecule is CCNC(CCC1CCCO1)C1CC1c1ccccc1. The molecule has 1 aliphatic carbocycles. The van der Waals surface area contributed by atoms with Crippen LogP contribution in [-0.4, -0.2) is 25.3 Å². The molecule has 1 aromatic rings. The molecular formula is C18H27NO. The van der Waals surface area contributed by atoms with Gasteiger partial charge >= 0.3 is 0 Å². The smallest absolute Gasteiger partial charge is 0.0576 e. The van der Waals surface area contributed by atoms with Gasteiger partial charge in [0.05, 0.1) is 6.10 Å². The Balaban J connectivity index is 1.52. The monoisotopic (exact) mass is 273 g/mol. The fourth-order valence-electron chi connectivity index (χ4n) is 3.71. The van der Waals surface area contributed by atoms with E-state index in [2.05, 4.69) is 42.6 Å². The van der Waals surface area contributed by atoms with E-state index in [1.165, 1.54) is 37.7 Å². The zero-order valence-corrected chi connectivity index (χ0v) is 12.6. The van der Waals surface area contributed by atoms with Gasteiger partial charge in [-0.1, -0.05) is 37.3 Å². The number of ether oxygens (including phenoxy) is 1. The Bertz CT molecular complexity index is 399. The van der Waals surface area contributed by atoms with E-state index in [9.17, 15) is 0 Å². The van der Waals surface area contributed by atoms with Crippen molar-refractivity contribution in [3.63, 3.8) is 0 Å². The van der Waals surface area contributed by atoms with Gasteiger partial charge in [0, 0.05) is 12.6 Å². The third-order valence-electron chi connectivity index (χ3n) is 4.87. The van der Waals surface area contributed by atoms with Gasteiger partial charge in [-0.25, -0.2) is 0 Å². The lowest BCUT2D eigenvalue weighted by Crippen LogP contribution is -2.32. The first-order valence-electron chi connectivity index (χ1n) is 8.28. The Hall–Kier alpha value is -0.860. The summed E-state index contributed by atoms with van der Waals surface area (Å²) in [7, 11) is 0. The van der Waals surface area contributed by atoms with Crippen molar-refractivity contribution in [1.82, 2.24) is 5.32 Å². The second-order valence-electron chi connectivity index (χ2n) is 6.29. The molecule has 20 heavy (non-hydrogen) atoms. The Morgan fingerprint density at radius 3 is 2.85 bits per heavy atom. The number of benzene rings is 1. The van der Waals surface area contributed by atoms with Crippen molar-refractivity contribution in [1.29, 1.82) is 0 Å². The predicted molar refractivity (Wildman–Crippen MR) is 83.0 cm³/mol. The molecule has 110 valence electrons. The molecule has 1 N–H and O–H groups in total. The zero-order chi connectivity index (χ0) is 13.8. The van der Waals surface area contributed by atoms with Crippen molar-refractivity contribution in [2.75, 3.05) is 13.2 Å². The molecule has 1 aliphatic heterocycles. The minimum Gasteiger partial charge on any atom is -0.378 e. The third kappa shape index (κ3) is 3.42. The van der Waals surface area contributed by atoms with Crippen molar-refractivity contribution in [3.8, 4) is 0 Å². The van der Waals surface area contributed by atoms with Crippen LogP contribution in [0.25, 0.3) is 0 Å². The molecule has 0 aromatic heterocycles. The van der Waals surface area contributed by atoms with Gasteiger partial charge in [0.25, 0.3) is 0 Å². The molecular weight excluding hydrogens is 246 g/mol. The summed E-state index contributed by atoms with van der Waals surface area (Å²) >= 11 is 0. The summed E-state index contributed by atoms with van der Waals surface area (Å²) in [4.78, 5) is 0. The highest BCUT2D eigenvalue weighted by Gasteiger charge is 2.43. The highest BCUT2D eigenvalue weighted by molar-refractivity contribution is 5.26. The molecule has 1 heterocycles. The molecule has 0 bridgehead atoms. The molecule has 1 aromatic carbocycles. The van der Waals surface area contributed by atoms with Gasteiger partial charge in [-0.05, 0) is 56.0 Å². The first-order chi connectivity index (χ1) is 9.88. The number of rotatable bonds is 7. The summed E-state index contributed by atoms with van der Waals surface area (Å²) < 4.78 is 5.77.